The zero-order valence-corrected chi connectivity index (χ0v) is 10.4. The number of benzene rings is 1. The molecule has 0 spiro atoms. The van der Waals surface area contributed by atoms with Crippen LogP contribution in [-0.2, 0) is 11.2 Å². The second kappa shape index (κ2) is 3.99. The second-order valence-electron chi connectivity index (χ2n) is 3.39. The Balaban J connectivity index is 2.65. The highest BCUT2D eigenvalue weighted by molar-refractivity contribution is 9.10. The van der Waals surface area contributed by atoms with Crippen LogP contribution in [0.5, 0.6) is 0 Å². The van der Waals surface area contributed by atoms with E-state index in [-0.39, 0.29) is 11.7 Å². The van der Waals surface area contributed by atoms with Gasteiger partial charge in [0.05, 0.1) is 6.42 Å². The van der Waals surface area contributed by atoms with Crippen LogP contribution in [0.4, 0.5) is 0 Å². The molecule has 2 nitrogen and oxygen atoms in total. The van der Waals surface area contributed by atoms with Crippen molar-refractivity contribution in [2.75, 3.05) is 0 Å². The van der Waals surface area contributed by atoms with Crippen LogP contribution >= 0.6 is 27.5 Å². The molecule has 1 aromatic carbocycles. The first-order chi connectivity index (χ1) is 7.08. The summed E-state index contributed by atoms with van der Waals surface area (Å²) in [5.41, 5.74) is 2.70. The Morgan fingerprint density at radius 2 is 2.27 bits per heavy atom. The standard InChI is InChI=1S/C11H8BrClO2/c1-6-2-3-9-7(4-6)8(5-10(13)14)11(12)15-9/h2-4H,5H2,1H3. The number of carbonyl (C=O) groups excluding carboxylic acids is 1. The lowest BCUT2D eigenvalue weighted by Crippen LogP contribution is -1.92. The van der Waals surface area contributed by atoms with Crippen LogP contribution in [0.1, 0.15) is 11.1 Å². The van der Waals surface area contributed by atoms with E-state index >= 15 is 0 Å². The fourth-order valence-corrected chi connectivity index (χ4v) is 2.20. The zero-order valence-electron chi connectivity index (χ0n) is 8.01. The van der Waals surface area contributed by atoms with E-state index in [2.05, 4.69) is 15.9 Å². The molecular weight excluding hydrogens is 279 g/mol. The maximum atomic E-state index is 10.9. The Morgan fingerprint density at radius 1 is 1.53 bits per heavy atom. The second-order valence-corrected chi connectivity index (χ2v) is 4.53. The number of furan rings is 1. The van der Waals surface area contributed by atoms with Crippen LogP contribution in [0.2, 0.25) is 0 Å². The normalized spacial score (nSPS) is 10.9. The highest BCUT2D eigenvalue weighted by Crippen LogP contribution is 2.31. The first kappa shape index (κ1) is 10.7. The Hall–Kier alpha value is -0.800. The summed E-state index contributed by atoms with van der Waals surface area (Å²) in [5, 5.41) is 0.552. The van der Waals surface area contributed by atoms with Gasteiger partial charge in [-0.2, -0.15) is 0 Å². The summed E-state index contributed by atoms with van der Waals surface area (Å²) in [5.74, 6) is 0. The topological polar surface area (TPSA) is 30.2 Å². The van der Waals surface area contributed by atoms with Crippen molar-refractivity contribution in [3.05, 3.63) is 34.0 Å². The van der Waals surface area contributed by atoms with Crippen molar-refractivity contribution in [2.24, 2.45) is 0 Å². The van der Waals surface area contributed by atoms with Gasteiger partial charge in [0.2, 0.25) is 5.24 Å². The van der Waals surface area contributed by atoms with Gasteiger partial charge in [0.25, 0.3) is 0 Å². The van der Waals surface area contributed by atoms with Crippen LogP contribution in [0.3, 0.4) is 0 Å². The minimum atomic E-state index is -0.389. The smallest absolute Gasteiger partial charge is 0.226 e. The van der Waals surface area contributed by atoms with Crippen molar-refractivity contribution >= 4 is 43.7 Å². The van der Waals surface area contributed by atoms with E-state index in [0.29, 0.717) is 4.67 Å². The molecule has 2 aromatic rings. The highest BCUT2D eigenvalue weighted by atomic mass is 79.9. The number of hydrogen-bond donors (Lipinski definition) is 0. The molecule has 0 saturated carbocycles. The molecule has 0 unspecified atom stereocenters. The zero-order chi connectivity index (χ0) is 11.0. The van der Waals surface area contributed by atoms with Crippen molar-refractivity contribution in [3.8, 4) is 0 Å². The molecule has 0 N–H and O–H groups in total. The molecule has 78 valence electrons. The summed E-state index contributed by atoms with van der Waals surface area (Å²) in [6, 6.07) is 5.83. The molecule has 1 heterocycles. The quantitative estimate of drug-likeness (QED) is 0.786. The van der Waals surface area contributed by atoms with Crippen LogP contribution in [0, 0.1) is 6.92 Å². The van der Waals surface area contributed by atoms with Crippen LogP contribution < -0.4 is 0 Å². The monoisotopic (exact) mass is 286 g/mol. The number of rotatable bonds is 2. The maximum absolute atomic E-state index is 10.9. The van der Waals surface area contributed by atoms with Crippen molar-refractivity contribution in [1.29, 1.82) is 0 Å². The van der Waals surface area contributed by atoms with Gasteiger partial charge in [0, 0.05) is 10.9 Å². The third-order valence-corrected chi connectivity index (χ3v) is 2.99. The number of halogens is 2. The molecule has 15 heavy (non-hydrogen) atoms. The van der Waals surface area contributed by atoms with Crippen LogP contribution in [0.25, 0.3) is 11.0 Å². The van der Waals surface area contributed by atoms with Crippen LogP contribution in [-0.4, -0.2) is 5.24 Å². The third kappa shape index (κ3) is 2.08. The summed E-state index contributed by atoms with van der Waals surface area (Å²) in [7, 11) is 0. The average Bonchev–Trinajstić information content (AvgIpc) is 2.43. The van der Waals surface area contributed by atoms with Gasteiger partial charge in [-0.3, -0.25) is 4.79 Å². The lowest BCUT2D eigenvalue weighted by atomic mass is 10.1. The SMILES string of the molecule is Cc1ccc2oc(Br)c(CC(=O)Cl)c2c1. The predicted molar refractivity (Wildman–Crippen MR) is 63.2 cm³/mol. The Morgan fingerprint density at radius 3 is 2.93 bits per heavy atom. The summed E-state index contributed by atoms with van der Waals surface area (Å²) in [6.45, 7) is 1.99. The molecule has 0 saturated heterocycles. The summed E-state index contributed by atoms with van der Waals surface area (Å²) < 4.78 is 6.04. The molecule has 0 atom stereocenters. The van der Waals surface area contributed by atoms with Crippen molar-refractivity contribution in [2.45, 2.75) is 13.3 Å². The predicted octanol–water partition coefficient (Wildman–Crippen LogP) is 3.81. The highest BCUT2D eigenvalue weighted by Gasteiger charge is 2.14. The Bertz CT molecular complexity index is 531. The molecule has 0 fully saturated rings. The first-order valence-electron chi connectivity index (χ1n) is 4.44. The van der Waals surface area contributed by atoms with Gasteiger partial charge in [0.15, 0.2) is 4.67 Å². The molecular formula is C11H8BrClO2. The lowest BCUT2D eigenvalue weighted by molar-refractivity contribution is -0.111. The molecule has 4 heteroatoms. The Kier molecular flexibility index (Phi) is 2.85. The van der Waals surface area contributed by atoms with E-state index in [4.69, 9.17) is 16.0 Å². The molecule has 0 aliphatic rings. The summed E-state index contributed by atoms with van der Waals surface area (Å²) in [4.78, 5) is 10.9. The molecule has 0 aliphatic heterocycles. The van der Waals surface area contributed by atoms with Crippen LogP contribution in [0.15, 0.2) is 27.3 Å². The van der Waals surface area contributed by atoms with E-state index in [0.717, 1.165) is 22.1 Å². The minimum absolute atomic E-state index is 0.179. The van der Waals surface area contributed by atoms with Gasteiger partial charge >= 0.3 is 0 Å². The molecule has 0 bridgehead atoms. The van der Waals surface area contributed by atoms with E-state index < -0.39 is 0 Å². The van der Waals surface area contributed by atoms with E-state index in [1.54, 1.807) is 0 Å². The molecule has 1 aromatic heterocycles. The van der Waals surface area contributed by atoms with Gasteiger partial charge in [-0.15, -0.1) is 0 Å². The molecule has 2 rings (SSSR count). The van der Waals surface area contributed by atoms with E-state index in [1.807, 2.05) is 25.1 Å². The van der Waals surface area contributed by atoms with Gasteiger partial charge in [0.1, 0.15) is 5.58 Å². The van der Waals surface area contributed by atoms with E-state index in [1.165, 1.54) is 0 Å². The third-order valence-electron chi connectivity index (χ3n) is 2.21. The summed E-state index contributed by atoms with van der Waals surface area (Å²) >= 11 is 8.67. The number of carbonyl (C=O) groups is 1. The first-order valence-corrected chi connectivity index (χ1v) is 5.61. The minimum Gasteiger partial charge on any atom is -0.449 e. The Labute approximate surface area is 100 Å². The lowest BCUT2D eigenvalue weighted by Gasteiger charge is -1.95. The fraction of sp³-hybridized carbons (Fsp3) is 0.182. The van der Waals surface area contributed by atoms with Gasteiger partial charge in [-0.25, -0.2) is 0 Å². The average molecular weight is 288 g/mol. The van der Waals surface area contributed by atoms with E-state index in [9.17, 15) is 4.79 Å². The van der Waals surface area contributed by atoms with Crippen molar-refractivity contribution < 1.29 is 9.21 Å². The van der Waals surface area contributed by atoms with Crippen molar-refractivity contribution in [3.63, 3.8) is 0 Å². The van der Waals surface area contributed by atoms with Crippen molar-refractivity contribution in [1.82, 2.24) is 0 Å². The van der Waals surface area contributed by atoms with Gasteiger partial charge < -0.3 is 4.42 Å². The number of hydrogen-bond acceptors (Lipinski definition) is 2. The molecule has 0 amide bonds. The maximum Gasteiger partial charge on any atom is 0.226 e. The number of fused-ring (bicyclic) bond motifs is 1. The fourth-order valence-electron chi connectivity index (χ4n) is 1.54. The largest absolute Gasteiger partial charge is 0.449 e. The van der Waals surface area contributed by atoms with Gasteiger partial charge in [-0.05, 0) is 46.6 Å². The van der Waals surface area contributed by atoms with Gasteiger partial charge in [-0.1, -0.05) is 11.6 Å². The molecule has 0 radical (unpaired) electrons. The number of aryl methyl sites for hydroxylation is 1. The summed E-state index contributed by atoms with van der Waals surface area (Å²) in [6.07, 6.45) is 0.179. The molecule has 0 aliphatic carbocycles.